The molecule has 1 aliphatic rings. The maximum Gasteiger partial charge on any atom is 0.147 e. The van der Waals surface area contributed by atoms with Crippen LogP contribution >= 0.6 is 23.1 Å². The molecule has 0 bridgehead atoms. The molecule has 1 aromatic rings. The first-order valence-corrected chi connectivity index (χ1v) is 9.61. The zero-order chi connectivity index (χ0) is 12.5. The number of nitrogens with two attached hydrogens (primary N) is 1. The molecule has 0 saturated heterocycles. The van der Waals surface area contributed by atoms with E-state index in [1.54, 1.807) is 11.3 Å². The minimum Gasteiger partial charge on any atom is -0.323 e. The topological polar surface area (TPSA) is 60.2 Å². The van der Waals surface area contributed by atoms with Gasteiger partial charge in [-0.3, -0.25) is 0 Å². The summed E-state index contributed by atoms with van der Waals surface area (Å²) >= 11 is 3.71. The number of thiophene rings is 1. The monoisotopic (exact) mass is 291 g/mol. The lowest BCUT2D eigenvalue weighted by Crippen LogP contribution is -2.14. The van der Waals surface area contributed by atoms with Crippen LogP contribution in [0, 0.1) is 0 Å². The van der Waals surface area contributed by atoms with Crippen molar-refractivity contribution >= 4 is 32.9 Å². The molecular formula is C11H17NO2S3. The van der Waals surface area contributed by atoms with Crippen LogP contribution in [0.2, 0.25) is 0 Å². The summed E-state index contributed by atoms with van der Waals surface area (Å²) in [6.45, 7) is 0. The summed E-state index contributed by atoms with van der Waals surface area (Å²) < 4.78 is 22.2. The highest BCUT2D eigenvalue weighted by atomic mass is 32.2. The van der Waals surface area contributed by atoms with Crippen molar-refractivity contribution in [3.63, 3.8) is 0 Å². The summed E-state index contributed by atoms with van der Waals surface area (Å²) in [6.07, 6.45) is 2.91. The van der Waals surface area contributed by atoms with E-state index < -0.39 is 9.84 Å². The van der Waals surface area contributed by atoms with Crippen molar-refractivity contribution in [2.45, 2.75) is 24.6 Å². The number of hydrogen-bond acceptors (Lipinski definition) is 5. The van der Waals surface area contributed by atoms with Gasteiger partial charge in [-0.05, 0) is 30.2 Å². The van der Waals surface area contributed by atoms with Gasteiger partial charge in [-0.15, -0.1) is 11.3 Å². The molecule has 96 valence electrons. The van der Waals surface area contributed by atoms with Crippen LogP contribution in [0.15, 0.2) is 6.07 Å². The second-order valence-corrected chi connectivity index (χ2v) is 8.96. The van der Waals surface area contributed by atoms with Crippen molar-refractivity contribution in [1.82, 2.24) is 0 Å². The second-order valence-electron chi connectivity index (χ2n) is 4.42. The number of hydrogen-bond donors (Lipinski definition) is 1. The third-order valence-electron chi connectivity index (χ3n) is 2.81. The average molecular weight is 291 g/mol. The predicted octanol–water partition coefficient (Wildman–Crippen LogP) is 1.97. The van der Waals surface area contributed by atoms with Crippen LogP contribution in [0.1, 0.15) is 27.8 Å². The third-order valence-corrected chi connectivity index (χ3v) is 6.17. The largest absolute Gasteiger partial charge is 0.323 e. The fourth-order valence-electron chi connectivity index (χ4n) is 1.84. The lowest BCUT2D eigenvalue weighted by Gasteiger charge is -2.08. The van der Waals surface area contributed by atoms with E-state index in [9.17, 15) is 8.42 Å². The van der Waals surface area contributed by atoms with Crippen molar-refractivity contribution in [3.8, 4) is 0 Å². The van der Waals surface area contributed by atoms with E-state index in [1.807, 2.05) is 11.8 Å². The number of rotatable bonds is 4. The minimum atomic E-state index is -2.91. The van der Waals surface area contributed by atoms with Gasteiger partial charge in [0.2, 0.25) is 0 Å². The molecule has 0 saturated carbocycles. The molecule has 6 heteroatoms. The Balaban J connectivity index is 2.04. The van der Waals surface area contributed by atoms with E-state index in [0.717, 1.165) is 17.1 Å². The Morgan fingerprint density at radius 1 is 1.53 bits per heavy atom. The highest BCUT2D eigenvalue weighted by Gasteiger charge is 2.18. The standard InChI is InChI=1S/C11H17NO2S3/c1-17(13,14)5-3-9(12)11-6-8-7-15-4-2-10(8)16-11/h6,9H,2-5,7,12H2,1H3. The summed E-state index contributed by atoms with van der Waals surface area (Å²) in [4.78, 5) is 2.58. The normalized spacial score (nSPS) is 17.8. The van der Waals surface area contributed by atoms with Gasteiger partial charge in [0, 0.05) is 27.8 Å². The smallest absolute Gasteiger partial charge is 0.147 e. The molecule has 1 aliphatic heterocycles. The Morgan fingerprint density at radius 3 is 2.94 bits per heavy atom. The first-order valence-electron chi connectivity index (χ1n) is 5.58. The summed E-state index contributed by atoms with van der Waals surface area (Å²) in [6, 6.07) is 2.03. The average Bonchev–Trinajstić information content (AvgIpc) is 2.68. The number of sulfone groups is 1. The molecule has 1 unspecified atom stereocenters. The lowest BCUT2D eigenvalue weighted by molar-refractivity contribution is 0.592. The Bertz CT molecular complexity index is 469. The van der Waals surface area contributed by atoms with E-state index in [2.05, 4.69) is 6.07 Å². The molecule has 2 N–H and O–H groups in total. The van der Waals surface area contributed by atoms with Crippen LogP contribution in [0.5, 0.6) is 0 Å². The molecule has 0 aliphatic carbocycles. The molecular weight excluding hydrogens is 274 g/mol. The molecule has 17 heavy (non-hydrogen) atoms. The van der Waals surface area contributed by atoms with Crippen LogP contribution < -0.4 is 5.73 Å². The van der Waals surface area contributed by atoms with Crippen molar-refractivity contribution in [3.05, 3.63) is 21.4 Å². The molecule has 0 spiro atoms. The molecule has 3 nitrogen and oxygen atoms in total. The molecule has 2 heterocycles. The fraction of sp³-hybridized carbons (Fsp3) is 0.636. The van der Waals surface area contributed by atoms with Gasteiger partial charge >= 0.3 is 0 Å². The number of thioether (sulfide) groups is 1. The summed E-state index contributed by atoms with van der Waals surface area (Å²) in [5.41, 5.74) is 7.45. The van der Waals surface area contributed by atoms with Crippen LogP contribution in [-0.4, -0.2) is 26.2 Å². The van der Waals surface area contributed by atoms with E-state index in [4.69, 9.17) is 5.73 Å². The Kier molecular flexibility index (Phi) is 4.18. The van der Waals surface area contributed by atoms with E-state index in [-0.39, 0.29) is 11.8 Å². The molecule has 1 aromatic heterocycles. The summed E-state index contributed by atoms with van der Waals surface area (Å²) in [7, 11) is -2.91. The van der Waals surface area contributed by atoms with Crippen molar-refractivity contribution in [1.29, 1.82) is 0 Å². The summed E-state index contributed by atoms with van der Waals surface area (Å²) in [5, 5.41) is 0. The molecule has 0 fully saturated rings. The van der Waals surface area contributed by atoms with E-state index >= 15 is 0 Å². The van der Waals surface area contributed by atoms with Gasteiger partial charge in [0.1, 0.15) is 9.84 Å². The zero-order valence-electron chi connectivity index (χ0n) is 9.81. The van der Waals surface area contributed by atoms with Gasteiger partial charge in [-0.2, -0.15) is 11.8 Å². The summed E-state index contributed by atoms with van der Waals surface area (Å²) in [5.74, 6) is 2.43. The minimum absolute atomic E-state index is 0.134. The third kappa shape index (κ3) is 3.71. The van der Waals surface area contributed by atoms with Crippen molar-refractivity contribution in [2.24, 2.45) is 5.73 Å². The Morgan fingerprint density at radius 2 is 2.29 bits per heavy atom. The van der Waals surface area contributed by atoms with Gasteiger partial charge in [0.25, 0.3) is 0 Å². The van der Waals surface area contributed by atoms with Crippen LogP contribution in [0.4, 0.5) is 0 Å². The zero-order valence-corrected chi connectivity index (χ0v) is 12.3. The van der Waals surface area contributed by atoms with Crippen molar-refractivity contribution in [2.75, 3.05) is 17.8 Å². The van der Waals surface area contributed by atoms with Gasteiger partial charge in [0.15, 0.2) is 0 Å². The first-order chi connectivity index (χ1) is 7.96. The van der Waals surface area contributed by atoms with Gasteiger partial charge in [-0.1, -0.05) is 0 Å². The van der Waals surface area contributed by atoms with E-state index in [0.29, 0.717) is 6.42 Å². The fourth-order valence-corrected chi connectivity index (χ4v) is 4.93. The highest BCUT2D eigenvalue weighted by molar-refractivity contribution is 7.98. The maximum atomic E-state index is 11.1. The molecule has 2 rings (SSSR count). The first kappa shape index (κ1) is 13.4. The number of fused-ring (bicyclic) bond motifs is 1. The SMILES string of the molecule is CS(=O)(=O)CCC(N)c1cc2c(s1)CCSC2. The number of aryl methyl sites for hydroxylation is 1. The van der Waals surface area contributed by atoms with Gasteiger partial charge in [0.05, 0.1) is 5.75 Å². The van der Waals surface area contributed by atoms with Crippen LogP contribution in [-0.2, 0) is 22.0 Å². The second kappa shape index (κ2) is 5.30. The molecule has 0 amide bonds. The molecule has 1 atom stereocenters. The molecule has 0 aromatic carbocycles. The van der Waals surface area contributed by atoms with Gasteiger partial charge in [-0.25, -0.2) is 8.42 Å². The van der Waals surface area contributed by atoms with Crippen LogP contribution in [0.3, 0.4) is 0 Å². The highest BCUT2D eigenvalue weighted by Crippen LogP contribution is 2.34. The van der Waals surface area contributed by atoms with Crippen molar-refractivity contribution < 1.29 is 8.42 Å². The Hall–Kier alpha value is -0.0400. The predicted molar refractivity (Wildman–Crippen MR) is 75.4 cm³/mol. The maximum absolute atomic E-state index is 11.1. The van der Waals surface area contributed by atoms with Gasteiger partial charge < -0.3 is 5.73 Å². The van der Waals surface area contributed by atoms with E-state index in [1.165, 1.54) is 22.4 Å². The lowest BCUT2D eigenvalue weighted by atomic mass is 10.1. The Labute approximate surface area is 111 Å². The molecule has 0 radical (unpaired) electrons. The quantitative estimate of drug-likeness (QED) is 0.921. The van der Waals surface area contributed by atoms with Crippen LogP contribution in [0.25, 0.3) is 0 Å².